The van der Waals surface area contributed by atoms with Crippen LogP contribution in [0.3, 0.4) is 0 Å². The van der Waals surface area contributed by atoms with E-state index in [0.29, 0.717) is 0 Å². The Balaban J connectivity index is 2.41. The zero-order valence-corrected chi connectivity index (χ0v) is 5.51. The molecule has 0 bridgehead atoms. The van der Waals surface area contributed by atoms with Crippen LogP contribution < -0.4 is 0 Å². The Kier molecular flexibility index (Phi) is 2.13. The van der Waals surface area contributed by atoms with Gasteiger partial charge < -0.3 is 5.11 Å². The maximum atomic E-state index is 9.23. The average Bonchev–Trinajstić information content (AvgIpc) is 1.89. The average molecular weight is 124 g/mol. The smallest absolute Gasteiger partial charge is 0.0677 e. The van der Waals surface area contributed by atoms with E-state index >= 15 is 0 Å². The summed E-state index contributed by atoms with van der Waals surface area (Å²) in [6, 6.07) is 0. The molecule has 0 radical (unpaired) electrons. The van der Waals surface area contributed by atoms with E-state index in [2.05, 4.69) is 5.92 Å². The van der Waals surface area contributed by atoms with Crippen molar-refractivity contribution in [1.82, 2.24) is 0 Å². The molecule has 0 spiro atoms. The highest BCUT2D eigenvalue weighted by Crippen LogP contribution is 2.22. The van der Waals surface area contributed by atoms with Gasteiger partial charge in [0.05, 0.1) is 6.10 Å². The molecule has 1 aliphatic rings. The molecular weight excluding hydrogens is 112 g/mol. The first-order valence-corrected chi connectivity index (χ1v) is 3.49. The Morgan fingerprint density at radius 3 is 2.44 bits per heavy atom. The van der Waals surface area contributed by atoms with Gasteiger partial charge in [-0.25, -0.2) is 0 Å². The minimum Gasteiger partial charge on any atom is -0.392 e. The van der Waals surface area contributed by atoms with Crippen LogP contribution in [0.1, 0.15) is 25.7 Å². The molecule has 0 unspecified atom stereocenters. The molecule has 0 aromatic rings. The Morgan fingerprint density at radius 1 is 1.33 bits per heavy atom. The van der Waals surface area contributed by atoms with E-state index < -0.39 is 0 Å². The first kappa shape index (κ1) is 6.64. The topological polar surface area (TPSA) is 20.2 Å². The highest BCUT2D eigenvalue weighted by molar-refractivity contribution is 4.98. The van der Waals surface area contributed by atoms with E-state index in [1.54, 1.807) is 0 Å². The third-order valence-electron chi connectivity index (χ3n) is 1.94. The monoisotopic (exact) mass is 124 g/mol. The van der Waals surface area contributed by atoms with Crippen molar-refractivity contribution < 1.29 is 5.11 Å². The van der Waals surface area contributed by atoms with Crippen molar-refractivity contribution in [2.24, 2.45) is 5.92 Å². The summed E-state index contributed by atoms with van der Waals surface area (Å²) in [5.74, 6) is 2.74. The molecule has 1 fully saturated rings. The number of aliphatic hydroxyl groups excluding tert-OH is 1. The molecule has 0 aromatic carbocycles. The number of hydrogen-bond acceptors (Lipinski definition) is 1. The number of rotatable bonds is 0. The summed E-state index contributed by atoms with van der Waals surface area (Å²) < 4.78 is 0. The first-order chi connectivity index (χ1) is 4.34. The zero-order valence-electron chi connectivity index (χ0n) is 5.51. The predicted molar refractivity (Wildman–Crippen MR) is 36.8 cm³/mol. The summed E-state index contributed by atoms with van der Waals surface area (Å²) in [5, 5.41) is 9.23. The van der Waals surface area contributed by atoms with Gasteiger partial charge in [-0.15, -0.1) is 12.3 Å². The van der Waals surface area contributed by atoms with Crippen LogP contribution in [0, 0.1) is 18.3 Å². The van der Waals surface area contributed by atoms with Crippen LogP contribution in [0.4, 0.5) is 0 Å². The van der Waals surface area contributed by atoms with Gasteiger partial charge in [-0.1, -0.05) is 12.8 Å². The van der Waals surface area contributed by atoms with Gasteiger partial charge in [0.1, 0.15) is 0 Å². The molecule has 1 rings (SSSR count). The molecule has 0 heterocycles. The second kappa shape index (κ2) is 2.89. The van der Waals surface area contributed by atoms with E-state index in [0.717, 1.165) is 19.3 Å². The standard InChI is InChI=1S/C8H12O/c1-2-7-5-3-4-6-8(7)9/h1,7-9H,3-6H2/t7-,8-/m1/s1. The molecule has 0 amide bonds. The van der Waals surface area contributed by atoms with Gasteiger partial charge in [-0.3, -0.25) is 0 Å². The summed E-state index contributed by atoms with van der Waals surface area (Å²) in [6.45, 7) is 0. The minimum absolute atomic E-state index is 0.138. The maximum Gasteiger partial charge on any atom is 0.0677 e. The van der Waals surface area contributed by atoms with Gasteiger partial charge in [-0.2, -0.15) is 0 Å². The van der Waals surface area contributed by atoms with Gasteiger partial charge >= 0.3 is 0 Å². The van der Waals surface area contributed by atoms with Gasteiger partial charge in [0, 0.05) is 5.92 Å². The Labute approximate surface area is 56.1 Å². The summed E-state index contributed by atoms with van der Waals surface area (Å²) in [6.07, 6.45) is 9.20. The summed E-state index contributed by atoms with van der Waals surface area (Å²) in [7, 11) is 0. The lowest BCUT2D eigenvalue weighted by Crippen LogP contribution is -2.22. The van der Waals surface area contributed by atoms with Crippen LogP contribution in [-0.4, -0.2) is 11.2 Å². The Hall–Kier alpha value is -0.480. The van der Waals surface area contributed by atoms with E-state index in [1.807, 2.05) is 0 Å². The van der Waals surface area contributed by atoms with Crippen molar-refractivity contribution in [1.29, 1.82) is 0 Å². The summed E-state index contributed by atoms with van der Waals surface area (Å²) in [5.41, 5.74) is 0. The van der Waals surface area contributed by atoms with Crippen molar-refractivity contribution in [3.63, 3.8) is 0 Å². The summed E-state index contributed by atoms with van der Waals surface area (Å²) in [4.78, 5) is 0. The van der Waals surface area contributed by atoms with Gasteiger partial charge in [0.2, 0.25) is 0 Å². The third-order valence-corrected chi connectivity index (χ3v) is 1.94. The second-order valence-electron chi connectivity index (χ2n) is 2.62. The molecule has 1 N–H and O–H groups in total. The van der Waals surface area contributed by atoms with Crippen LogP contribution >= 0.6 is 0 Å². The minimum atomic E-state index is -0.219. The SMILES string of the molecule is C#C[C@@H]1CCCC[C@H]1O. The highest BCUT2D eigenvalue weighted by Gasteiger charge is 2.19. The van der Waals surface area contributed by atoms with Gasteiger partial charge in [0.15, 0.2) is 0 Å². The van der Waals surface area contributed by atoms with Crippen LogP contribution in [0.5, 0.6) is 0 Å². The molecular formula is C8H12O. The van der Waals surface area contributed by atoms with E-state index in [-0.39, 0.29) is 12.0 Å². The molecule has 0 aliphatic heterocycles. The molecule has 0 aromatic heterocycles. The fraction of sp³-hybridized carbons (Fsp3) is 0.750. The highest BCUT2D eigenvalue weighted by atomic mass is 16.3. The first-order valence-electron chi connectivity index (χ1n) is 3.49. The Bertz CT molecular complexity index is 123. The Morgan fingerprint density at radius 2 is 2.00 bits per heavy atom. The van der Waals surface area contributed by atoms with E-state index in [9.17, 15) is 5.11 Å². The third kappa shape index (κ3) is 1.46. The van der Waals surface area contributed by atoms with Crippen molar-refractivity contribution in [3.8, 4) is 12.3 Å². The number of aliphatic hydroxyl groups is 1. The number of hydrogen-bond donors (Lipinski definition) is 1. The fourth-order valence-electron chi connectivity index (χ4n) is 1.31. The van der Waals surface area contributed by atoms with Crippen LogP contribution in [0.15, 0.2) is 0 Å². The zero-order chi connectivity index (χ0) is 6.69. The molecule has 9 heavy (non-hydrogen) atoms. The van der Waals surface area contributed by atoms with Gasteiger partial charge in [-0.05, 0) is 12.8 Å². The maximum absolute atomic E-state index is 9.23. The van der Waals surface area contributed by atoms with Crippen molar-refractivity contribution >= 4 is 0 Å². The van der Waals surface area contributed by atoms with Crippen LogP contribution in [0.25, 0.3) is 0 Å². The van der Waals surface area contributed by atoms with Crippen LogP contribution in [0.2, 0.25) is 0 Å². The summed E-state index contributed by atoms with van der Waals surface area (Å²) >= 11 is 0. The molecule has 2 atom stereocenters. The molecule has 1 saturated carbocycles. The lowest BCUT2D eigenvalue weighted by Gasteiger charge is -2.22. The molecule has 0 saturated heterocycles. The van der Waals surface area contributed by atoms with Crippen LogP contribution in [-0.2, 0) is 0 Å². The van der Waals surface area contributed by atoms with E-state index in [4.69, 9.17) is 6.42 Å². The van der Waals surface area contributed by atoms with Crippen molar-refractivity contribution in [2.45, 2.75) is 31.8 Å². The molecule has 50 valence electrons. The van der Waals surface area contributed by atoms with Crippen molar-refractivity contribution in [3.05, 3.63) is 0 Å². The molecule has 1 aliphatic carbocycles. The predicted octanol–water partition coefficient (Wildman–Crippen LogP) is 1.17. The largest absolute Gasteiger partial charge is 0.392 e. The quantitative estimate of drug-likeness (QED) is 0.481. The number of terminal acetylenes is 1. The fourth-order valence-corrected chi connectivity index (χ4v) is 1.31. The lowest BCUT2D eigenvalue weighted by atomic mass is 9.87. The molecule has 1 nitrogen and oxygen atoms in total. The second-order valence-corrected chi connectivity index (χ2v) is 2.62. The normalized spacial score (nSPS) is 35.6. The molecule has 1 heteroatoms. The van der Waals surface area contributed by atoms with E-state index in [1.165, 1.54) is 6.42 Å². The van der Waals surface area contributed by atoms with Crippen molar-refractivity contribution in [2.75, 3.05) is 0 Å². The lowest BCUT2D eigenvalue weighted by molar-refractivity contribution is 0.0971. The van der Waals surface area contributed by atoms with Gasteiger partial charge in [0.25, 0.3) is 0 Å².